The van der Waals surface area contributed by atoms with Gasteiger partial charge in [0, 0.05) is 43.5 Å². The van der Waals surface area contributed by atoms with Gasteiger partial charge >= 0.3 is 12.0 Å². The number of amides is 2. The van der Waals surface area contributed by atoms with Crippen molar-refractivity contribution >= 4 is 23.4 Å². The second-order valence-electron chi connectivity index (χ2n) is 8.99. The molecule has 35 heavy (non-hydrogen) atoms. The third kappa shape index (κ3) is 9.63. The van der Waals surface area contributed by atoms with Crippen LogP contribution in [-0.4, -0.2) is 39.2 Å². The number of nitrogens with zero attached hydrogens (tertiary/aromatic N) is 1. The number of benzene rings is 2. The van der Waals surface area contributed by atoms with E-state index in [0.29, 0.717) is 19.4 Å². The molecule has 0 bridgehead atoms. The zero-order chi connectivity index (χ0) is 25.5. The molecule has 2 aromatic rings. The first kappa shape index (κ1) is 28.2. The monoisotopic (exact) mass is 481 g/mol. The van der Waals surface area contributed by atoms with Crippen LogP contribution in [0.1, 0.15) is 70.8 Å². The first-order valence-electron chi connectivity index (χ1n) is 13.1. The van der Waals surface area contributed by atoms with Crippen molar-refractivity contribution in [3.63, 3.8) is 0 Å². The minimum Gasteiger partial charge on any atom is -0.469 e. The summed E-state index contributed by atoms with van der Waals surface area (Å²) in [5, 5.41) is 6.60. The minimum atomic E-state index is -0.204. The van der Waals surface area contributed by atoms with Gasteiger partial charge in [0.1, 0.15) is 0 Å². The Bertz CT molecular complexity index is 929. The Labute approximate surface area is 211 Å². The fourth-order valence-corrected chi connectivity index (χ4v) is 3.93. The Hall–Kier alpha value is -3.02. The summed E-state index contributed by atoms with van der Waals surface area (Å²) in [7, 11) is 3.23. The predicted octanol–water partition coefficient (Wildman–Crippen LogP) is 6.79. The number of hydrogen-bond acceptors (Lipinski definition) is 4. The lowest BCUT2D eigenvalue weighted by molar-refractivity contribution is -0.140. The first-order chi connectivity index (χ1) is 17.0. The number of nitrogens with one attached hydrogen (secondary N) is 2. The van der Waals surface area contributed by atoms with Crippen molar-refractivity contribution in [2.75, 3.05) is 37.5 Å². The molecule has 0 saturated carbocycles. The van der Waals surface area contributed by atoms with Gasteiger partial charge in [-0.25, -0.2) is 4.79 Å². The summed E-state index contributed by atoms with van der Waals surface area (Å²) < 4.78 is 4.78. The summed E-state index contributed by atoms with van der Waals surface area (Å²) in [6.07, 6.45) is 9.03. The molecule has 0 spiro atoms. The number of urea groups is 1. The molecule has 2 N–H and O–H groups in total. The summed E-state index contributed by atoms with van der Waals surface area (Å²) in [6, 6.07) is 14.3. The standard InChI is InChI=1S/C29H43N3O3/c1-5-7-9-10-11-20-31-29(34)32(3)25-14-12-13-24(22-25)26-17-15-23(16-18-28(33)35-4)21-27(26)30-19-8-6-2/h12-15,17,21-22,30H,5-11,16,18-20H2,1-4H3,(H,31,34). The Balaban J connectivity index is 2.14. The fraction of sp³-hybridized carbons (Fsp3) is 0.517. The second kappa shape index (κ2) is 15.8. The smallest absolute Gasteiger partial charge is 0.321 e. The quantitative estimate of drug-likeness (QED) is 0.217. The van der Waals surface area contributed by atoms with E-state index in [-0.39, 0.29) is 12.0 Å². The van der Waals surface area contributed by atoms with Gasteiger partial charge in [-0.15, -0.1) is 0 Å². The second-order valence-corrected chi connectivity index (χ2v) is 8.99. The predicted molar refractivity (Wildman–Crippen MR) is 146 cm³/mol. The van der Waals surface area contributed by atoms with E-state index in [1.54, 1.807) is 4.90 Å². The van der Waals surface area contributed by atoms with Crippen LogP contribution in [0.4, 0.5) is 16.2 Å². The fourth-order valence-electron chi connectivity index (χ4n) is 3.93. The maximum Gasteiger partial charge on any atom is 0.321 e. The van der Waals surface area contributed by atoms with E-state index in [0.717, 1.165) is 60.3 Å². The number of ether oxygens (including phenoxy) is 1. The van der Waals surface area contributed by atoms with Gasteiger partial charge < -0.3 is 15.4 Å². The number of unbranched alkanes of at least 4 members (excludes halogenated alkanes) is 5. The van der Waals surface area contributed by atoms with Crippen molar-refractivity contribution < 1.29 is 14.3 Å². The van der Waals surface area contributed by atoms with Gasteiger partial charge in [-0.1, -0.05) is 70.2 Å². The largest absolute Gasteiger partial charge is 0.469 e. The zero-order valence-corrected chi connectivity index (χ0v) is 22.0. The van der Waals surface area contributed by atoms with E-state index >= 15 is 0 Å². The van der Waals surface area contributed by atoms with Crippen molar-refractivity contribution in [3.05, 3.63) is 48.0 Å². The Kier molecular flexibility index (Phi) is 12.7. The molecule has 0 aromatic heterocycles. The molecule has 6 heteroatoms. The van der Waals surface area contributed by atoms with Crippen LogP contribution in [0, 0.1) is 0 Å². The molecule has 0 aliphatic heterocycles. The van der Waals surface area contributed by atoms with Crippen LogP contribution in [0.3, 0.4) is 0 Å². The van der Waals surface area contributed by atoms with Crippen molar-refractivity contribution in [2.24, 2.45) is 0 Å². The molecule has 0 heterocycles. The van der Waals surface area contributed by atoms with Gasteiger partial charge in [0.15, 0.2) is 0 Å². The zero-order valence-electron chi connectivity index (χ0n) is 22.0. The van der Waals surface area contributed by atoms with Gasteiger partial charge in [-0.05, 0) is 48.6 Å². The Morgan fingerprint density at radius 1 is 0.914 bits per heavy atom. The number of aryl methyl sites for hydroxylation is 1. The van der Waals surface area contributed by atoms with Crippen LogP contribution in [0.5, 0.6) is 0 Å². The maximum absolute atomic E-state index is 12.7. The number of rotatable bonds is 15. The van der Waals surface area contributed by atoms with E-state index in [9.17, 15) is 9.59 Å². The molecular formula is C29H43N3O3. The lowest BCUT2D eigenvalue weighted by Gasteiger charge is -2.20. The lowest BCUT2D eigenvalue weighted by Crippen LogP contribution is -2.37. The van der Waals surface area contributed by atoms with Crippen LogP contribution in [-0.2, 0) is 16.0 Å². The van der Waals surface area contributed by atoms with Gasteiger partial charge in [-0.3, -0.25) is 9.69 Å². The number of carbonyl (C=O) groups is 2. The molecular weight excluding hydrogens is 438 g/mol. The number of hydrogen-bond donors (Lipinski definition) is 2. The van der Waals surface area contributed by atoms with Crippen LogP contribution in [0.15, 0.2) is 42.5 Å². The lowest BCUT2D eigenvalue weighted by atomic mass is 9.99. The van der Waals surface area contributed by atoms with Crippen LogP contribution >= 0.6 is 0 Å². The molecule has 2 rings (SSSR count). The van der Waals surface area contributed by atoms with E-state index in [2.05, 4.69) is 54.8 Å². The summed E-state index contributed by atoms with van der Waals surface area (Å²) in [5.74, 6) is -0.204. The average Bonchev–Trinajstić information content (AvgIpc) is 2.89. The Morgan fingerprint density at radius 3 is 2.43 bits per heavy atom. The van der Waals surface area contributed by atoms with E-state index < -0.39 is 0 Å². The topological polar surface area (TPSA) is 70.7 Å². The highest BCUT2D eigenvalue weighted by Gasteiger charge is 2.13. The number of methoxy groups -OCH3 is 1. The third-order valence-electron chi connectivity index (χ3n) is 6.18. The molecule has 0 radical (unpaired) electrons. The normalized spacial score (nSPS) is 10.6. The van der Waals surface area contributed by atoms with Gasteiger partial charge in [0.25, 0.3) is 0 Å². The van der Waals surface area contributed by atoms with Crippen molar-refractivity contribution in [1.29, 1.82) is 0 Å². The van der Waals surface area contributed by atoms with Gasteiger partial charge in [0.05, 0.1) is 7.11 Å². The Morgan fingerprint density at radius 2 is 1.69 bits per heavy atom. The average molecular weight is 482 g/mol. The highest BCUT2D eigenvalue weighted by atomic mass is 16.5. The summed E-state index contributed by atoms with van der Waals surface area (Å²) in [6.45, 7) is 5.95. The van der Waals surface area contributed by atoms with Crippen molar-refractivity contribution in [3.8, 4) is 11.1 Å². The van der Waals surface area contributed by atoms with E-state index in [1.807, 2.05) is 19.2 Å². The van der Waals surface area contributed by atoms with Crippen LogP contribution in [0.25, 0.3) is 11.1 Å². The molecule has 0 saturated heterocycles. The molecule has 6 nitrogen and oxygen atoms in total. The molecule has 2 amide bonds. The summed E-state index contributed by atoms with van der Waals surface area (Å²) >= 11 is 0. The van der Waals surface area contributed by atoms with Crippen molar-refractivity contribution in [2.45, 2.75) is 71.6 Å². The first-order valence-corrected chi connectivity index (χ1v) is 13.1. The highest BCUT2D eigenvalue weighted by molar-refractivity contribution is 5.92. The summed E-state index contributed by atoms with van der Waals surface area (Å²) in [4.78, 5) is 25.9. The van der Waals surface area contributed by atoms with E-state index in [4.69, 9.17) is 4.74 Å². The van der Waals surface area contributed by atoms with Crippen molar-refractivity contribution in [1.82, 2.24) is 5.32 Å². The molecule has 2 aromatic carbocycles. The molecule has 0 aliphatic rings. The SMILES string of the molecule is CCCCCCCNC(=O)N(C)c1cccc(-c2ccc(CCC(=O)OC)cc2NCCCC)c1. The van der Waals surface area contributed by atoms with Crippen LogP contribution < -0.4 is 15.5 Å². The molecule has 192 valence electrons. The van der Waals surface area contributed by atoms with Gasteiger partial charge in [0.2, 0.25) is 0 Å². The third-order valence-corrected chi connectivity index (χ3v) is 6.18. The minimum absolute atomic E-state index is 0.0860. The molecule has 0 fully saturated rings. The van der Waals surface area contributed by atoms with E-state index in [1.165, 1.54) is 26.4 Å². The molecule has 0 aliphatic carbocycles. The number of anilines is 2. The summed E-state index contributed by atoms with van der Waals surface area (Å²) in [5.41, 5.74) is 5.09. The number of carbonyl (C=O) groups excluding carboxylic acids is 2. The molecule has 0 unspecified atom stereocenters. The van der Waals surface area contributed by atoms with Gasteiger partial charge in [-0.2, -0.15) is 0 Å². The molecule has 0 atom stereocenters. The maximum atomic E-state index is 12.7. The van der Waals surface area contributed by atoms with Crippen LogP contribution in [0.2, 0.25) is 0 Å². The number of esters is 1. The highest BCUT2D eigenvalue weighted by Crippen LogP contribution is 2.32.